The molecule has 2 unspecified atom stereocenters. The van der Waals surface area contributed by atoms with Crippen molar-refractivity contribution < 1.29 is 102 Å². The molecule has 14 nitrogen and oxygen atoms in total. The largest absolute Gasteiger partial charge is 1.00 e. The van der Waals surface area contributed by atoms with Crippen LogP contribution in [0.5, 0.6) is 0 Å². The molecule has 194 valence electrons. The van der Waals surface area contributed by atoms with Gasteiger partial charge in [0.25, 0.3) is 0 Å². The van der Waals surface area contributed by atoms with Gasteiger partial charge in [-0.05, 0) is 41.5 Å². The number of aldehydes is 2. The summed E-state index contributed by atoms with van der Waals surface area (Å²) in [6.07, 6.45) is -1.77. The zero-order valence-corrected chi connectivity index (χ0v) is 24.5. The molecule has 0 aromatic carbocycles. The van der Waals surface area contributed by atoms with Gasteiger partial charge in [0.05, 0.1) is 38.4 Å². The molecular formula is C18H32IN2NaO12. The third-order valence-electron chi connectivity index (χ3n) is 3.15. The van der Waals surface area contributed by atoms with Crippen LogP contribution in [0.2, 0.25) is 0 Å². The van der Waals surface area contributed by atoms with Crippen molar-refractivity contribution in [3.05, 3.63) is 0 Å². The van der Waals surface area contributed by atoms with E-state index in [1.54, 1.807) is 41.5 Å². The van der Waals surface area contributed by atoms with E-state index in [4.69, 9.17) is 23.2 Å². The van der Waals surface area contributed by atoms with Crippen LogP contribution in [0.15, 0.2) is 0 Å². The Bertz CT molecular complexity index is 608. The summed E-state index contributed by atoms with van der Waals surface area (Å²) in [6.45, 7) is 10.5. The van der Waals surface area contributed by atoms with Crippen molar-refractivity contribution >= 4 is 24.8 Å². The van der Waals surface area contributed by atoms with E-state index < -0.39 is 55.7 Å². The van der Waals surface area contributed by atoms with Crippen LogP contribution in [0.3, 0.4) is 0 Å². The Morgan fingerprint density at radius 3 is 1.50 bits per heavy atom. The van der Waals surface area contributed by atoms with Crippen molar-refractivity contribution in [2.45, 2.75) is 65.0 Å². The molecule has 1 rings (SSSR count). The van der Waals surface area contributed by atoms with Crippen LogP contribution in [0.4, 0.5) is 9.59 Å². The van der Waals surface area contributed by atoms with Crippen LogP contribution in [-0.4, -0.2) is 94.4 Å². The van der Waals surface area contributed by atoms with Crippen molar-refractivity contribution in [3.63, 3.8) is 0 Å². The summed E-state index contributed by atoms with van der Waals surface area (Å²) in [5.41, 5.74) is -1.17. The fourth-order valence-electron chi connectivity index (χ4n) is 1.98. The monoisotopic (exact) mass is 618 g/mol. The first-order chi connectivity index (χ1) is 14.7. The number of amides is 2. The first kappa shape index (κ1) is 37.9. The minimum Gasteiger partial charge on any atom is -0.444 e. The first-order valence-corrected chi connectivity index (χ1v) is 13.0. The molecule has 34 heavy (non-hydrogen) atoms. The molecule has 1 saturated heterocycles. The molecule has 0 spiro atoms. The van der Waals surface area contributed by atoms with E-state index in [0.717, 1.165) is 4.90 Å². The molecule has 0 radical (unpaired) electrons. The van der Waals surface area contributed by atoms with Gasteiger partial charge in [0.15, 0.2) is 0 Å². The summed E-state index contributed by atoms with van der Waals surface area (Å²) in [7, 11) is 0. The van der Waals surface area contributed by atoms with E-state index in [9.17, 15) is 29.4 Å². The molecule has 2 N–H and O–H groups in total. The number of aliphatic hydroxyl groups is 2. The quantitative estimate of drug-likeness (QED) is 0.170. The predicted molar refractivity (Wildman–Crippen MR) is 99.8 cm³/mol. The number of ether oxygens (including phenoxy) is 2. The van der Waals surface area contributed by atoms with E-state index in [1.807, 2.05) is 0 Å². The second-order valence-corrected chi connectivity index (χ2v) is 10.8. The van der Waals surface area contributed by atoms with Gasteiger partial charge in [-0.2, -0.15) is 0 Å². The van der Waals surface area contributed by atoms with Crippen LogP contribution in [0.25, 0.3) is 0 Å². The number of nitrogens with zero attached hydrogens (tertiary/aromatic N) is 2. The van der Waals surface area contributed by atoms with Crippen molar-refractivity contribution in [1.29, 1.82) is 0 Å². The Balaban J connectivity index is -0.000000461. The number of halogens is 1. The Kier molecular flexibility index (Phi) is 18.9. The maximum absolute atomic E-state index is 11.4. The molecule has 0 aliphatic carbocycles. The van der Waals surface area contributed by atoms with E-state index in [0.29, 0.717) is 12.6 Å². The van der Waals surface area contributed by atoms with Gasteiger partial charge in [-0.25, -0.2) is 9.59 Å². The summed E-state index contributed by atoms with van der Waals surface area (Å²) >= 11 is -5.94. The van der Waals surface area contributed by atoms with Crippen molar-refractivity contribution in [2.75, 3.05) is 26.2 Å². The van der Waals surface area contributed by atoms with E-state index in [2.05, 4.69) is 0 Å². The Morgan fingerprint density at radius 2 is 1.24 bits per heavy atom. The Hall–Kier alpha value is -0.630. The van der Waals surface area contributed by atoms with E-state index in [1.165, 1.54) is 4.90 Å². The molecule has 0 bridgehead atoms. The molecule has 0 saturated carbocycles. The minimum absolute atomic E-state index is 0. The third-order valence-corrected chi connectivity index (χ3v) is 3.15. The topological polar surface area (TPSA) is 226 Å². The molecule has 1 fully saturated rings. The van der Waals surface area contributed by atoms with Crippen LogP contribution in [0.1, 0.15) is 41.5 Å². The number of hydrogen-bond donors (Lipinski definition) is 2. The molecule has 0 aromatic rings. The maximum Gasteiger partial charge on any atom is 1.00 e. The van der Waals surface area contributed by atoms with Gasteiger partial charge in [-0.15, -0.1) is 0 Å². The van der Waals surface area contributed by atoms with Gasteiger partial charge in [-0.1, -0.05) is 0 Å². The Labute approximate surface area is 226 Å². The smallest absolute Gasteiger partial charge is 0.444 e. The van der Waals surface area contributed by atoms with E-state index >= 15 is 0 Å². The SMILES string of the molecule is CC(C)(C)OC(=O)N(CC=O)CC=O.CC(C)(C)OC(=O)N1CC(O)C(O)C1.[Na+].[O-][I+3]([O-])([O-])[O-]. The average Bonchev–Trinajstić information content (AvgIpc) is 2.90. The molecule has 16 heteroatoms. The van der Waals surface area contributed by atoms with Gasteiger partial charge >= 0.3 is 41.7 Å². The number of aliphatic hydroxyl groups excluding tert-OH is 2. The van der Waals surface area contributed by atoms with Gasteiger partial charge in [0.1, 0.15) is 43.9 Å². The molecule has 1 aliphatic heterocycles. The fraction of sp³-hybridized carbons (Fsp3) is 0.778. The number of likely N-dealkylation sites (tertiary alicyclic amines) is 1. The van der Waals surface area contributed by atoms with Crippen LogP contribution < -0.4 is 63.4 Å². The second kappa shape index (κ2) is 16.9. The average molecular weight is 618 g/mol. The number of carbonyl (C=O) groups excluding carboxylic acids is 4. The summed E-state index contributed by atoms with van der Waals surface area (Å²) in [4.78, 5) is 45.5. The summed E-state index contributed by atoms with van der Waals surface area (Å²) < 4.78 is 44.5. The zero-order chi connectivity index (χ0) is 26.6. The minimum atomic E-state index is -5.94. The normalized spacial score (nSPS) is 17.6. The molecular weight excluding hydrogens is 586 g/mol. The summed E-state index contributed by atoms with van der Waals surface area (Å²) in [5.74, 6) is 0. The predicted octanol–water partition coefficient (Wildman–Crippen LogP) is -10.2. The van der Waals surface area contributed by atoms with Gasteiger partial charge in [0, 0.05) is 0 Å². The number of rotatable bonds is 4. The van der Waals surface area contributed by atoms with Gasteiger partial charge < -0.3 is 34.2 Å². The molecule has 0 aromatic heterocycles. The number of β-amino-alcohol motifs (C(OH)–C–C–N with tert-alkyl or cyclic N) is 2. The molecule has 2 atom stereocenters. The maximum atomic E-state index is 11.4. The van der Waals surface area contributed by atoms with Gasteiger partial charge in [0.2, 0.25) is 0 Å². The zero-order valence-electron chi connectivity index (χ0n) is 20.4. The van der Waals surface area contributed by atoms with Gasteiger partial charge in [-0.3, -0.25) is 18.6 Å². The second-order valence-electron chi connectivity index (χ2n) is 8.62. The number of carbonyl (C=O) groups is 4. The number of hydrogen-bond acceptors (Lipinski definition) is 12. The molecule has 2 amide bonds. The Morgan fingerprint density at radius 1 is 0.912 bits per heavy atom. The third kappa shape index (κ3) is 23.1. The van der Waals surface area contributed by atoms with Crippen molar-refractivity contribution in [2.24, 2.45) is 0 Å². The summed E-state index contributed by atoms with van der Waals surface area (Å²) in [5, 5.41) is 18.4. The molecule has 1 heterocycles. The van der Waals surface area contributed by atoms with E-state index in [-0.39, 0.29) is 55.7 Å². The van der Waals surface area contributed by atoms with Crippen molar-refractivity contribution in [3.8, 4) is 0 Å². The van der Waals surface area contributed by atoms with Crippen LogP contribution in [0, 0.1) is 0 Å². The standard InChI is InChI=1S/C9H17NO4.C9H15NO4.IO4.Na/c1-9(2,3)14-8(13)10-4-6(11)7(12)5-10;1-9(2,3)14-8(13)10(4-6-11)5-7-12;2-1(3,4)5;/h6-7,11-12H,4-5H2,1-3H3;6-7H,4-5H2,1-3H3;;/q;;-1;+1. The van der Waals surface area contributed by atoms with Crippen molar-refractivity contribution in [1.82, 2.24) is 9.80 Å². The fourth-order valence-corrected chi connectivity index (χ4v) is 1.98. The summed E-state index contributed by atoms with van der Waals surface area (Å²) in [6, 6.07) is 0. The molecule has 1 aliphatic rings. The van der Waals surface area contributed by atoms with Crippen LogP contribution in [-0.2, 0) is 19.1 Å². The van der Waals surface area contributed by atoms with Crippen LogP contribution >= 0.6 is 0 Å². The first-order valence-electron chi connectivity index (χ1n) is 9.51.